The Balaban J connectivity index is 1.95. The Morgan fingerprint density at radius 1 is 0.912 bits per heavy atom. The average molecular weight is 476 g/mol. The summed E-state index contributed by atoms with van der Waals surface area (Å²) in [5.41, 5.74) is 3.79. The van der Waals surface area contributed by atoms with E-state index in [1.165, 1.54) is 18.3 Å². The summed E-state index contributed by atoms with van der Waals surface area (Å²) in [6.45, 7) is 0. The number of sulfone groups is 1. The van der Waals surface area contributed by atoms with Crippen molar-refractivity contribution in [3.63, 3.8) is 0 Å². The predicted molar refractivity (Wildman–Crippen MR) is 125 cm³/mol. The van der Waals surface area contributed by atoms with Crippen LogP contribution in [0.5, 0.6) is 5.75 Å². The molecular weight excluding hydrogens is 457 g/mol. The summed E-state index contributed by atoms with van der Waals surface area (Å²) in [7, 11) is -1.91. The maximum absolute atomic E-state index is 13.7. The zero-order valence-electron chi connectivity index (χ0n) is 18.1. The third-order valence-corrected chi connectivity index (χ3v) is 6.14. The molecule has 3 heterocycles. The molecule has 2 aromatic carbocycles. The molecule has 1 N–H and O–H groups in total. The van der Waals surface area contributed by atoms with Crippen LogP contribution in [-0.2, 0) is 16.9 Å². The van der Waals surface area contributed by atoms with Crippen LogP contribution in [0.4, 0.5) is 4.39 Å². The van der Waals surface area contributed by atoms with E-state index in [4.69, 9.17) is 4.98 Å². The van der Waals surface area contributed by atoms with Gasteiger partial charge in [-0.3, -0.25) is 4.68 Å². The molecule has 170 valence electrons. The number of phenols is 1. The van der Waals surface area contributed by atoms with Crippen molar-refractivity contribution in [2.75, 3.05) is 6.26 Å². The largest absolute Gasteiger partial charge is 0.508 e. The predicted octanol–water partition coefficient (Wildman–Crippen LogP) is 4.01. The van der Waals surface area contributed by atoms with Crippen LogP contribution in [0.1, 0.15) is 0 Å². The first-order chi connectivity index (χ1) is 16.2. The number of aromatic hydroxyl groups is 1. The van der Waals surface area contributed by atoms with E-state index < -0.39 is 15.7 Å². The first kappa shape index (κ1) is 21.7. The van der Waals surface area contributed by atoms with E-state index in [9.17, 15) is 17.9 Å². The van der Waals surface area contributed by atoms with Crippen molar-refractivity contribution in [3.8, 4) is 39.4 Å². The number of phenolic OH excluding ortho intramolecular Hbond substituents is 1. The van der Waals surface area contributed by atoms with Gasteiger partial charge in [-0.05, 0) is 48.0 Å². The van der Waals surface area contributed by atoms with Crippen molar-refractivity contribution >= 4 is 20.9 Å². The molecule has 0 fully saturated rings. The van der Waals surface area contributed by atoms with E-state index in [-0.39, 0.29) is 10.9 Å². The lowest BCUT2D eigenvalue weighted by Gasteiger charge is -2.16. The number of halogens is 1. The van der Waals surface area contributed by atoms with Crippen LogP contribution in [-0.4, -0.2) is 44.5 Å². The van der Waals surface area contributed by atoms with Crippen LogP contribution in [0, 0.1) is 5.82 Å². The Morgan fingerprint density at radius 3 is 2.26 bits per heavy atom. The molecule has 0 aliphatic heterocycles. The highest BCUT2D eigenvalue weighted by molar-refractivity contribution is 7.90. The van der Waals surface area contributed by atoms with Gasteiger partial charge in [0.05, 0.1) is 11.4 Å². The lowest BCUT2D eigenvalue weighted by molar-refractivity contribution is 0.475. The number of benzene rings is 2. The first-order valence-corrected chi connectivity index (χ1v) is 12.1. The van der Waals surface area contributed by atoms with E-state index in [0.29, 0.717) is 39.1 Å². The standard InChI is InChI=1S/C24H18FN5O3S/c1-30-13-18-20(14-5-9-17(31)10-6-14)21(19-11-12-26-24(27-19)34(2,32)33)22(28-23(18)29-30)15-3-7-16(25)8-4-15/h3-13,31H,1-2H3. The Labute approximate surface area is 194 Å². The molecule has 34 heavy (non-hydrogen) atoms. The summed E-state index contributed by atoms with van der Waals surface area (Å²) in [4.78, 5) is 13.0. The number of nitrogens with zero attached hydrogens (tertiary/aromatic N) is 5. The number of rotatable bonds is 4. The molecular formula is C24H18FN5O3S. The van der Waals surface area contributed by atoms with Gasteiger partial charge in [0.25, 0.3) is 0 Å². The second-order valence-electron chi connectivity index (χ2n) is 7.80. The second kappa shape index (κ2) is 7.99. The molecule has 0 spiro atoms. The van der Waals surface area contributed by atoms with E-state index in [0.717, 1.165) is 11.8 Å². The van der Waals surface area contributed by atoms with E-state index >= 15 is 0 Å². The summed E-state index contributed by atoms with van der Waals surface area (Å²) in [5.74, 6) is -0.300. The van der Waals surface area contributed by atoms with Crippen molar-refractivity contribution in [1.29, 1.82) is 0 Å². The molecule has 5 rings (SSSR count). The molecule has 0 atom stereocenters. The fraction of sp³-hybridized carbons (Fsp3) is 0.0833. The van der Waals surface area contributed by atoms with Gasteiger partial charge in [-0.2, -0.15) is 5.10 Å². The molecule has 0 saturated carbocycles. The summed E-state index contributed by atoms with van der Waals surface area (Å²) in [6, 6.07) is 14.0. The van der Waals surface area contributed by atoms with Crippen molar-refractivity contribution < 1.29 is 17.9 Å². The molecule has 0 amide bonds. The van der Waals surface area contributed by atoms with Gasteiger partial charge >= 0.3 is 0 Å². The fourth-order valence-corrected chi connectivity index (χ4v) is 4.32. The lowest BCUT2D eigenvalue weighted by Crippen LogP contribution is -2.05. The molecule has 0 aliphatic rings. The number of hydrogen-bond acceptors (Lipinski definition) is 7. The minimum absolute atomic E-state index is 0.0990. The van der Waals surface area contributed by atoms with Gasteiger partial charge in [-0.15, -0.1) is 0 Å². The van der Waals surface area contributed by atoms with Gasteiger partial charge in [0.2, 0.25) is 15.0 Å². The van der Waals surface area contributed by atoms with Crippen molar-refractivity contribution in [3.05, 3.63) is 72.8 Å². The van der Waals surface area contributed by atoms with Gasteiger partial charge in [-0.1, -0.05) is 12.1 Å². The highest BCUT2D eigenvalue weighted by Gasteiger charge is 2.23. The van der Waals surface area contributed by atoms with Gasteiger partial charge in [-0.25, -0.2) is 27.8 Å². The van der Waals surface area contributed by atoms with E-state index in [1.54, 1.807) is 60.4 Å². The molecule has 0 radical (unpaired) electrons. The van der Waals surface area contributed by atoms with Gasteiger partial charge in [0.15, 0.2) is 5.65 Å². The monoisotopic (exact) mass is 475 g/mol. The van der Waals surface area contributed by atoms with Crippen LogP contribution in [0.2, 0.25) is 0 Å². The van der Waals surface area contributed by atoms with Crippen molar-refractivity contribution in [1.82, 2.24) is 24.7 Å². The molecule has 0 saturated heterocycles. The number of fused-ring (bicyclic) bond motifs is 1. The number of pyridine rings is 1. The molecule has 10 heteroatoms. The second-order valence-corrected chi connectivity index (χ2v) is 9.71. The van der Waals surface area contributed by atoms with Crippen LogP contribution in [0.25, 0.3) is 44.7 Å². The maximum Gasteiger partial charge on any atom is 0.247 e. The number of hydrogen-bond donors (Lipinski definition) is 1. The van der Waals surface area contributed by atoms with E-state index in [2.05, 4.69) is 15.1 Å². The Morgan fingerprint density at radius 2 is 1.59 bits per heavy atom. The van der Waals surface area contributed by atoms with Crippen LogP contribution in [0.3, 0.4) is 0 Å². The SMILES string of the molecule is Cn1cc2c(-c3ccc(O)cc3)c(-c3ccnc(S(C)(=O)=O)n3)c(-c3ccc(F)cc3)nc2n1. The average Bonchev–Trinajstić information content (AvgIpc) is 3.18. The number of aryl methyl sites for hydroxylation is 1. The zero-order valence-corrected chi connectivity index (χ0v) is 19.0. The highest BCUT2D eigenvalue weighted by Crippen LogP contribution is 2.42. The highest BCUT2D eigenvalue weighted by atomic mass is 32.2. The fourth-order valence-electron chi connectivity index (χ4n) is 3.80. The molecule has 5 aromatic rings. The van der Waals surface area contributed by atoms with Gasteiger partial charge < -0.3 is 5.11 Å². The first-order valence-electron chi connectivity index (χ1n) is 10.2. The molecule has 0 bridgehead atoms. The van der Waals surface area contributed by atoms with Gasteiger partial charge in [0, 0.05) is 47.8 Å². The topological polar surface area (TPSA) is 111 Å². The van der Waals surface area contributed by atoms with Crippen LogP contribution >= 0.6 is 0 Å². The quantitative estimate of drug-likeness (QED) is 0.391. The van der Waals surface area contributed by atoms with Crippen molar-refractivity contribution in [2.45, 2.75) is 5.16 Å². The lowest BCUT2D eigenvalue weighted by atomic mass is 9.91. The summed E-state index contributed by atoms with van der Waals surface area (Å²) < 4.78 is 39.7. The molecule has 0 unspecified atom stereocenters. The summed E-state index contributed by atoms with van der Waals surface area (Å²) >= 11 is 0. The summed E-state index contributed by atoms with van der Waals surface area (Å²) in [5, 5.41) is 14.7. The minimum atomic E-state index is -3.68. The van der Waals surface area contributed by atoms with Crippen LogP contribution in [0.15, 0.2) is 72.1 Å². The Hall–Kier alpha value is -4.18. The molecule has 0 aliphatic carbocycles. The molecule has 8 nitrogen and oxygen atoms in total. The van der Waals surface area contributed by atoms with Gasteiger partial charge in [0.1, 0.15) is 11.6 Å². The smallest absolute Gasteiger partial charge is 0.247 e. The minimum Gasteiger partial charge on any atom is -0.508 e. The Kier molecular flexibility index (Phi) is 5.09. The Bertz CT molecular complexity index is 1650. The summed E-state index contributed by atoms with van der Waals surface area (Å²) in [6.07, 6.45) is 4.22. The number of aromatic nitrogens is 5. The third kappa shape index (κ3) is 3.88. The van der Waals surface area contributed by atoms with E-state index in [1.807, 2.05) is 0 Å². The normalized spacial score (nSPS) is 11.7. The zero-order chi connectivity index (χ0) is 24.0. The third-order valence-electron chi connectivity index (χ3n) is 5.28. The molecule has 3 aromatic heterocycles. The van der Waals surface area contributed by atoms with Crippen LogP contribution < -0.4 is 0 Å². The maximum atomic E-state index is 13.7. The van der Waals surface area contributed by atoms with Crippen molar-refractivity contribution in [2.24, 2.45) is 7.05 Å².